The smallest absolute Gasteiger partial charge is 0.408 e. The van der Waals surface area contributed by atoms with Crippen molar-refractivity contribution in [1.82, 2.24) is 9.80 Å². The summed E-state index contributed by atoms with van der Waals surface area (Å²) in [6.07, 6.45) is 4.15. The normalized spacial score (nSPS) is 24.8. The van der Waals surface area contributed by atoms with Crippen LogP contribution in [-0.4, -0.2) is 46.7 Å². The molecule has 1 aromatic carbocycles. The Balaban J connectivity index is 1.72. The van der Waals surface area contributed by atoms with Gasteiger partial charge < -0.3 is 14.4 Å². The maximum atomic E-state index is 14.4. The van der Waals surface area contributed by atoms with E-state index in [2.05, 4.69) is 4.90 Å². The van der Waals surface area contributed by atoms with Crippen LogP contribution in [0.1, 0.15) is 32.3 Å². The number of carbonyl (C=O) groups is 1. The van der Waals surface area contributed by atoms with E-state index in [0.717, 1.165) is 38.0 Å². The van der Waals surface area contributed by atoms with Crippen LogP contribution < -0.4 is 0 Å². The quantitative estimate of drug-likeness (QED) is 0.865. The average molecular weight is 372 g/mol. The number of fused-ring (bicyclic) bond motifs is 3. The molecule has 2 bridgehead atoms. The summed E-state index contributed by atoms with van der Waals surface area (Å²) in [6, 6.07) is 6.52. The molecule has 0 aliphatic carbocycles. The minimum absolute atomic E-state index is 0.0394. The van der Waals surface area contributed by atoms with E-state index in [9.17, 15) is 14.3 Å². The molecule has 3 saturated heterocycles. The Morgan fingerprint density at radius 3 is 2.59 bits per heavy atom. The van der Waals surface area contributed by atoms with Gasteiger partial charge in [-0.05, 0) is 69.5 Å². The lowest BCUT2D eigenvalue weighted by atomic mass is 9.80. The number of carboxylic acid groups (broad SMARTS) is 1. The number of rotatable bonds is 4. The van der Waals surface area contributed by atoms with Gasteiger partial charge >= 0.3 is 6.09 Å². The number of hydrogen-bond donors (Lipinski definition) is 1. The van der Waals surface area contributed by atoms with Crippen LogP contribution in [0.5, 0.6) is 0 Å². The second kappa shape index (κ2) is 6.68. The zero-order valence-electron chi connectivity index (χ0n) is 15.7. The highest BCUT2D eigenvalue weighted by atomic mass is 19.1. The number of amides is 1. The second-order valence-corrected chi connectivity index (χ2v) is 8.12. The van der Waals surface area contributed by atoms with Crippen molar-refractivity contribution >= 4 is 6.09 Å². The monoisotopic (exact) mass is 372 g/mol. The number of halogens is 1. The summed E-state index contributed by atoms with van der Waals surface area (Å²) in [5.41, 5.74) is 1.07. The second-order valence-electron chi connectivity index (χ2n) is 8.12. The van der Waals surface area contributed by atoms with Gasteiger partial charge in [0.05, 0.1) is 24.1 Å². The molecule has 3 aliphatic heterocycles. The Bertz CT molecular complexity index is 826. The topological polar surface area (TPSA) is 56.9 Å². The van der Waals surface area contributed by atoms with Crippen molar-refractivity contribution in [1.29, 1.82) is 0 Å². The molecule has 0 spiro atoms. The van der Waals surface area contributed by atoms with Crippen molar-refractivity contribution in [2.75, 3.05) is 19.6 Å². The van der Waals surface area contributed by atoms with Gasteiger partial charge in [-0.3, -0.25) is 4.90 Å². The fraction of sp³-hybridized carbons (Fsp3) is 0.476. The molecule has 5 rings (SSSR count). The zero-order chi connectivity index (χ0) is 19.2. The predicted octanol–water partition coefficient (Wildman–Crippen LogP) is 4.40. The summed E-state index contributed by atoms with van der Waals surface area (Å²) in [5.74, 6) is 0.0415. The van der Waals surface area contributed by atoms with Gasteiger partial charge in [0.25, 0.3) is 0 Å². The first kappa shape index (κ1) is 18.0. The molecule has 0 radical (unpaired) electrons. The Labute approximate surface area is 158 Å². The van der Waals surface area contributed by atoms with Crippen molar-refractivity contribution in [3.63, 3.8) is 0 Å². The first-order valence-corrected chi connectivity index (χ1v) is 9.45. The van der Waals surface area contributed by atoms with Crippen LogP contribution in [0.4, 0.5) is 9.18 Å². The summed E-state index contributed by atoms with van der Waals surface area (Å²) in [5, 5.41) is 10.1. The van der Waals surface area contributed by atoms with Crippen molar-refractivity contribution in [3.05, 3.63) is 48.2 Å². The molecule has 1 amide bonds. The number of furan rings is 1. The van der Waals surface area contributed by atoms with Gasteiger partial charge in [0, 0.05) is 17.7 Å². The van der Waals surface area contributed by atoms with Crippen LogP contribution in [0.15, 0.2) is 41.2 Å². The molecule has 3 fully saturated rings. The SMILES string of the molecule is CC(C)(c1ccc(F)c(-c2ccoc2)c1)N(C(=O)O)C1CN2CCC1CC2. The molecular weight excluding hydrogens is 347 g/mol. The van der Waals surface area contributed by atoms with Gasteiger partial charge in [0.1, 0.15) is 5.82 Å². The molecule has 5 nitrogen and oxygen atoms in total. The van der Waals surface area contributed by atoms with Crippen LogP contribution in [-0.2, 0) is 5.54 Å². The Morgan fingerprint density at radius 1 is 1.30 bits per heavy atom. The van der Waals surface area contributed by atoms with Crippen LogP contribution in [0.3, 0.4) is 0 Å². The fourth-order valence-electron chi connectivity index (χ4n) is 4.71. The summed E-state index contributed by atoms with van der Waals surface area (Å²) < 4.78 is 19.5. The third-order valence-corrected chi connectivity index (χ3v) is 6.27. The van der Waals surface area contributed by atoms with Gasteiger partial charge in [0.15, 0.2) is 0 Å². The van der Waals surface area contributed by atoms with E-state index in [1.807, 2.05) is 13.8 Å². The molecule has 6 heteroatoms. The van der Waals surface area contributed by atoms with Crippen LogP contribution >= 0.6 is 0 Å². The van der Waals surface area contributed by atoms with Gasteiger partial charge in [0.2, 0.25) is 0 Å². The lowest BCUT2D eigenvalue weighted by molar-refractivity contribution is -0.0289. The molecule has 1 unspecified atom stereocenters. The Hall–Kier alpha value is -2.34. The minimum atomic E-state index is -0.923. The third kappa shape index (κ3) is 3.12. The van der Waals surface area contributed by atoms with Crippen molar-refractivity contribution in [2.45, 2.75) is 38.3 Å². The first-order valence-electron chi connectivity index (χ1n) is 9.45. The van der Waals surface area contributed by atoms with Gasteiger partial charge in [-0.25, -0.2) is 9.18 Å². The molecule has 2 aromatic rings. The first-order chi connectivity index (χ1) is 12.9. The standard InChI is InChI=1S/C21H25FN2O3/c1-21(2,16-3-4-18(22)17(11-16)15-7-10-27-13-15)24(20(25)26)19-12-23-8-5-14(19)6-9-23/h3-4,7,10-11,13-14,19H,5-6,8-9,12H2,1-2H3,(H,25,26). The van der Waals surface area contributed by atoms with Crippen LogP contribution in [0, 0.1) is 11.7 Å². The van der Waals surface area contributed by atoms with Crippen molar-refractivity contribution in [3.8, 4) is 11.1 Å². The lowest BCUT2D eigenvalue weighted by Gasteiger charge is -2.52. The highest BCUT2D eigenvalue weighted by molar-refractivity contribution is 5.68. The van der Waals surface area contributed by atoms with E-state index in [1.54, 1.807) is 23.1 Å². The Kier molecular flexibility index (Phi) is 4.46. The lowest BCUT2D eigenvalue weighted by Crippen LogP contribution is -2.62. The minimum Gasteiger partial charge on any atom is -0.472 e. The zero-order valence-corrected chi connectivity index (χ0v) is 15.7. The van der Waals surface area contributed by atoms with Crippen molar-refractivity contribution < 1.29 is 18.7 Å². The summed E-state index contributed by atoms with van der Waals surface area (Å²) in [4.78, 5) is 16.2. The molecule has 0 saturated carbocycles. The van der Waals surface area contributed by atoms with Crippen molar-refractivity contribution in [2.24, 2.45) is 5.92 Å². The van der Waals surface area contributed by atoms with E-state index in [1.165, 1.54) is 18.6 Å². The van der Waals surface area contributed by atoms with Gasteiger partial charge in [-0.15, -0.1) is 0 Å². The molecule has 1 atom stereocenters. The maximum Gasteiger partial charge on any atom is 0.408 e. The van der Waals surface area contributed by atoms with E-state index >= 15 is 0 Å². The summed E-state index contributed by atoms with van der Waals surface area (Å²) in [6.45, 7) is 6.69. The van der Waals surface area contributed by atoms with Gasteiger partial charge in [-0.1, -0.05) is 6.07 Å². The molecule has 27 heavy (non-hydrogen) atoms. The number of hydrogen-bond acceptors (Lipinski definition) is 3. The number of piperidine rings is 3. The van der Waals surface area contributed by atoms with E-state index < -0.39 is 11.6 Å². The highest BCUT2D eigenvalue weighted by Gasteiger charge is 2.45. The molecule has 1 aromatic heterocycles. The molecule has 3 aliphatic rings. The van der Waals surface area contributed by atoms with Crippen LogP contribution in [0.25, 0.3) is 11.1 Å². The number of benzene rings is 1. The Morgan fingerprint density at radius 2 is 2.04 bits per heavy atom. The van der Waals surface area contributed by atoms with E-state index in [4.69, 9.17) is 4.42 Å². The molecule has 4 heterocycles. The molecule has 1 N–H and O–H groups in total. The maximum absolute atomic E-state index is 14.4. The third-order valence-electron chi connectivity index (χ3n) is 6.27. The highest BCUT2D eigenvalue weighted by Crippen LogP contribution is 2.39. The largest absolute Gasteiger partial charge is 0.472 e. The van der Waals surface area contributed by atoms with Gasteiger partial charge in [-0.2, -0.15) is 0 Å². The summed E-state index contributed by atoms with van der Waals surface area (Å²) in [7, 11) is 0. The summed E-state index contributed by atoms with van der Waals surface area (Å²) >= 11 is 0. The number of nitrogens with zero attached hydrogens (tertiary/aromatic N) is 2. The van der Waals surface area contributed by atoms with E-state index in [0.29, 0.717) is 17.0 Å². The average Bonchev–Trinajstić information content (AvgIpc) is 3.17. The predicted molar refractivity (Wildman–Crippen MR) is 99.9 cm³/mol. The fourth-order valence-corrected chi connectivity index (χ4v) is 4.71. The van der Waals surface area contributed by atoms with E-state index in [-0.39, 0.29) is 11.9 Å². The van der Waals surface area contributed by atoms with Crippen LogP contribution in [0.2, 0.25) is 0 Å². The molecular formula is C21H25FN2O3. The molecule has 144 valence electrons.